The quantitative estimate of drug-likeness (QED) is 0.803. The number of hydrogen-bond acceptors (Lipinski definition) is 4. The van der Waals surface area contributed by atoms with Crippen molar-refractivity contribution < 1.29 is 9.53 Å². The SMILES string of the molecule is CCOCc1ccccc1NC(=O)c1ccc(N(CC)CC)nc1. The number of para-hydroxylation sites is 1. The van der Waals surface area contributed by atoms with Gasteiger partial charge in [0.25, 0.3) is 5.91 Å². The fourth-order valence-corrected chi connectivity index (χ4v) is 2.43. The number of nitrogens with one attached hydrogen (secondary N) is 1. The molecule has 0 spiro atoms. The summed E-state index contributed by atoms with van der Waals surface area (Å²) < 4.78 is 5.45. The molecule has 0 aliphatic rings. The second kappa shape index (κ2) is 9.03. The zero-order chi connectivity index (χ0) is 17.4. The highest BCUT2D eigenvalue weighted by Crippen LogP contribution is 2.18. The fraction of sp³-hybridized carbons (Fsp3) is 0.368. The van der Waals surface area contributed by atoms with Crippen LogP contribution in [0.2, 0.25) is 0 Å². The summed E-state index contributed by atoms with van der Waals surface area (Å²) in [6.07, 6.45) is 1.62. The van der Waals surface area contributed by atoms with Crippen molar-refractivity contribution >= 4 is 17.4 Å². The topological polar surface area (TPSA) is 54.5 Å². The van der Waals surface area contributed by atoms with Gasteiger partial charge in [0.05, 0.1) is 12.2 Å². The number of pyridine rings is 1. The number of ether oxygens (including phenoxy) is 1. The molecule has 1 amide bonds. The van der Waals surface area contributed by atoms with Gasteiger partial charge in [-0.05, 0) is 39.0 Å². The summed E-state index contributed by atoms with van der Waals surface area (Å²) in [6.45, 7) is 9.01. The highest BCUT2D eigenvalue weighted by atomic mass is 16.5. The highest BCUT2D eigenvalue weighted by Gasteiger charge is 2.11. The van der Waals surface area contributed by atoms with E-state index in [2.05, 4.69) is 29.0 Å². The van der Waals surface area contributed by atoms with Gasteiger partial charge in [0.15, 0.2) is 0 Å². The first-order valence-electron chi connectivity index (χ1n) is 8.37. The molecule has 0 saturated carbocycles. The molecule has 5 nitrogen and oxygen atoms in total. The van der Waals surface area contributed by atoms with Gasteiger partial charge in [0.2, 0.25) is 0 Å². The lowest BCUT2D eigenvalue weighted by Gasteiger charge is -2.19. The normalized spacial score (nSPS) is 10.5. The van der Waals surface area contributed by atoms with Gasteiger partial charge in [-0.3, -0.25) is 4.79 Å². The molecule has 0 aliphatic heterocycles. The number of benzene rings is 1. The Morgan fingerprint density at radius 3 is 2.50 bits per heavy atom. The van der Waals surface area contributed by atoms with E-state index in [1.165, 1.54) is 0 Å². The molecule has 2 aromatic rings. The largest absolute Gasteiger partial charge is 0.377 e. The first-order chi connectivity index (χ1) is 11.7. The van der Waals surface area contributed by atoms with Crippen LogP contribution in [0.3, 0.4) is 0 Å². The minimum Gasteiger partial charge on any atom is -0.377 e. The minimum atomic E-state index is -0.169. The molecule has 128 valence electrons. The van der Waals surface area contributed by atoms with E-state index in [1.807, 2.05) is 37.3 Å². The van der Waals surface area contributed by atoms with Gasteiger partial charge < -0.3 is 15.0 Å². The van der Waals surface area contributed by atoms with Gasteiger partial charge in [0.1, 0.15) is 5.82 Å². The zero-order valence-electron chi connectivity index (χ0n) is 14.6. The number of aromatic nitrogens is 1. The maximum absolute atomic E-state index is 12.5. The molecule has 24 heavy (non-hydrogen) atoms. The van der Waals surface area contributed by atoms with Gasteiger partial charge in [0, 0.05) is 37.1 Å². The van der Waals surface area contributed by atoms with Crippen molar-refractivity contribution in [1.82, 2.24) is 4.98 Å². The number of nitrogens with zero attached hydrogens (tertiary/aromatic N) is 2. The van der Waals surface area contributed by atoms with Gasteiger partial charge in [-0.2, -0.15) is 0 Å². The molecule has 1 heterocycles. The standard InChI is InChI=1S/C19H25N3O2/c1-4-22(5-2)18-12-11-15(13-20-18)19(23)21-17-10-8-7-9-16(17)14-24-6-3/h7-13H,4-6,14H2,1-3H3,(H,21,23). The van der Waals surface area contributed by atoms with Crippen LogP contribution < -0.4 is 10.2 Å². The Kier molecular flexibility index (Phi) is 6.75. The van der Waals surface area contributed by atoms with Crippen molar-refractivity contribution in [3.63, 3.8) is 0 Å². The lowest BCUT2D eigenvalue weighted by Crippen LogP contribution is -2.23. The average molecular weight is 327 g/mol. The Labute approximate surface area is 143 Å². The van der Waals surface area contributed by atoms with Crippen LogP contribution in [0.1, 0.15) is 36.7 Å². The second-order valence-corrected chi connectivity index (χ2v) is 5.33. The summed E-state index contributed by atoms with van der Waals surface area (Å²) in [4.78, 5) is 19.0. The van der Waals surface area contributed by atoms with Crippen LogP contribution in [0.4, 0.5) is 11.5 Å². The van der Waals surface area contributed by atoms with Crippen LogP contribution in [0.5, 0.6) is 0 Å². The van der Waals surface area contributed by atoms with Crippen LogP contribution in [0.25, 0.3) is 0 Å². The number of anilines is 2. The average Bonchev–Trinajstić information content (AvgIpc) is 2.62. The van der Waals surface area contributed by atoms with E-state index < -0.39 is 0 Å². The van der Waals surface area contributed by atoms with Crippen molar-refractivity contribution in [1.29, 1.82) is 0 Å². The van der Waals surface area contributed by atoms with Gasteiger partial charge >= 0.3 is 0 Å². The predicted octanol–water partition coefficient (Wildman–Crippen LogP) is 3.72. The number of hydrogen-bond donors (Lipinski definition) is 1. The van der Waals surface area contributed by atoms with E-state index >= 15 is 0 Å². The van der Waals surface area contributed by atoms with E-state index in [1.54, 1.807) is 12.3 Å². The zero-order valence-corrected chi connectivity index (χ0v) is 14.6. The van der Waals surface area contributed by atoms with Gasteiger partial charge in [-0.1, -0.05) is 18.2 Å². The Bertz CT molecular complexity index is 652. The molecule has 0 unspecified atom stereocenters. The molecular formula is C19H25N3O2. The third kappa shape index (κ3) is 4.55. The number of carbonyl (C=O) groups is 1. The molecule has 0 bridgehead atoms. The second-order valence-electron chi connectivity index (χ2n) is 5.33. The third-order valence-corrected chi connectivity index (χ3v) is 3.82. The molecule has 1 aromatic carbocycles. The molecule has 0 saturated heterocycles. The smallest absolute Gasteiger partial charge is 0.257 e. The summed E-state index contributed by atoms with van der Waals surface area (Å²) in [5.74, 6) is 0.714. The summed E-state index contributed by atoms with van der Waals surface area (Å²) in [5.41, 5.74) is 2.27. The van der Waals surface area contributed by atoms with E-state index in [4.69, 9.17) is 4.74 Å². The lowest BCUT2D eigenvalue weighted by molar-refractivity contribution is 0.102. The van der Waals surface area contributed by atoms with E-state index in [0.29, 0.717) is 18.8 Å². The molecule has 0 fully saturated rings. The van der Waals surface area contributed by atoms with Crippen LogP contribution in [-0.2, 0) is 11.3 Å². The lowest BCUT2D eigenvalue weighted by atomic mass is 10.1. The molecular weight excluding hydrogens is 302 g/mol. The fourth-order valence-electron chi connectivity index (χ4n) is 2.43. The van der Waals surface area contributed by atoms with Gasteiger partial charge in [-0.15, -0.1) is 0 Å². The van der Waals surface area contributed by atoms with Crippen molar-refractivity contribution in [2.45, 2.75) is 27.4 Å². The first kappa shape index (κ1) is 17.9. The summed E-state index contributed by atoms with van der Waals surface area (Å²) in [5, 5.41) is 2.94. The van der Waals surface area contributed by atoms with Crippen molar-refractivity contribution in [3.8, 4) is 0 Å². The predicted molar refractivity (Wildman–Crippen MR) is 97.5 cm³/mol. The number of carbonyl (C=O) groups excluding carboxylic acids is 1. The van der Waals surface area contributed by atoms with Crippen LogP contribution in [-0.4, -0.2) is 30.6 Å². The monoisotopic (exact) mass is 327 g/mol. The van der Waals surface area contributed by atoms with Gasteiger partial charge in [-0.25, -0.2) is 4.98 Å². The van der Waals surface area contributed by atoms with Crippen molar-refractivity contribution in [2.24, 2.45) is 0 Å². The van der Waals surface area contributed by atoms with Crippen molar-refractivity contribution in [3.05, 3.63) is 53.7 Å². The van der Waals surface area contributed by atoms with Crippen LogP contribution >= 0.6 is 0 Å². The minimum absolute atomic E-state index is 0.169. The maximum Gasteiger partial charge on any atom is 0.257 e. The maximum atomic E-state index is 12.5. The summed E-state index contributed by atoms with van der Waals surface area (Å²) in [7, 11) is 0. The Morgan fingerprint density at radius 2 is 1.88 bits per heavy atom. The third-order valence-electron chi connectivity index (χ3n) is 3.82. The number of rotatable bonds is 8. The van der Waals surface area contributed by atoms with E-state index in [9.17, 15) is 4.79 Å². The molecule has 1 aromatic heterocycles. The Hall–Kier alpha value is -2.40. The molecule has 0 atom stereocenters. The number of amides is 1. The summed E-state index contributed by atoms with van der Waals surface area (Å²) >= 11 is 0. The molecule has 2 rings (SSSR count). The molecule has 1 N–H and O–H groups in total. The van der Waals surface area contributed by atoms with E-state index in [0.717, 1.165) is 30.2 Å². The first-order valence-corrected chi connectivity index (χ1v) is 8.37. The van der Waals surface area contributed by atoms with Crippen molar-refractivity contribution in [2.75, 3.05) is 29.9 Å². The molecule has 0 radical (unpaired) electrons. The van der Waals surface area contributed by atoms with Crippen LogP contribution in [0, 0.1) is 0 Å². The Balaban J connectivity index is 2.10. The summed E-state index contributed by atoms with van der Waals surface area (Å²) in [6, 6.07) is 11.4. The Morgan fingerprint density at radius 1 is 1.12 bits per heavy atom. The van der Waals surface area contributed by atoms with E-state index in [-0.39, 0.29) is 5.91 Å². The van der Waals surface area contributed by atoms with Crippen LogP contribution in [0.15, 0.2) is 42.6 Å². The highest BCUT2D eigenvalue weighted by molar-refractivity contribution is 6.04. The molecule has 5 heteroatoms. The molecule has 0 aliphatic carbocycles.